The van der Waals surface area contributed by atoms with Gasteiger partial charge in [0.15, 0.2) is 0 Å². The first kappa shape index (κ1) is 15.5. The monoisotopic (exact) mass is 288 g/mol. The van der Waals surface area contributed by atoms with Crippen molar-refractivity contribution in [3.05, 3.63) is 35.4 Å². The Hall–Kier alpha value is -1.84. The molecule has 0 radical (unpaired) electrons. The van der Waals surface area contributed by atoms with Gasteiger partial charge in [0, 0.05) is 6.54 Å². The van der Waals surface area contributed by atoms with Crippen LogP contribution in [0.4, 0.5) is 0 Å². The standard InChI is InChI=1S/C17H24N2O2/c1-4-7-15-17(21)19(13(3)16(20)18-15)11-10-14-9-6-5-8-12(14)2/h5-6,8-9,13,15H,4,7,10-11H2,1-3H3,(H,18,20). The fraction of sp³-hybridized carbons (Fsp3) is 0.529. The van der Waals surface area contributed by atoms with Crippen LogP contribution in [0.1, 0.15) is 37.8 Å². The van der Waals surface area contributed by atoms with E-state index in [-0.39, 0.29) is 23.9 Å². The summed E-state index contributed by atoms with van der Waals surface area (Å²) in [5, 5.41) is 2.83. The third kappa shape index (κ3) is 3.43. The molecule has 4 nitrogen and oxygen atoms in total. The van der Waals surface area contributed by atoms with E-state index in [1.165, 1.54) is 11.1 Å². The summed E-state index contributed by atoms with van der Waals surface area (Å²) in [6.45, 7) is 6.49. The number of benzene rings is 1. The molecule has 0 saturated carbocycles. The van der Waals surface area contributed by atoms with Crippen LogP contribution in [0.15, 0.2) is 24.3 Å². The van der Waals surface area contributed by atoms with E-state index in [1.54, 1.807) is 11.8 Å². The van der Waals surface area contributed by atoms with Gasteiger partial charge in [-0.1, -0.05) is 37.6 Å². The van der Waals surface area contributed by atoms with E-state index < -0.39 is 0 Å². The summed E-state index contributed by atoms with van der Waals surface area (Å²) in [5.74, 6) is 0.00960. The average molecular weight is 288 g/mol. The topological polar surface area (TPSA) is 49.4 Å². The number of carbonyl (C=O) groups excluding carboxylic acids is 2. The van der Waals surface area contributed by atoms with Crippen molar-refractivity contribution in [2.45, 2.75) is 52.1 Å². The van der Waals surface area contributed by atoms with Gasteiger partial charge in [-0.25, -0.2) is 0 Å². The van der Waals surface area contributed by atoms with Gasteiger partial charge in [-0.2, -0.15) is 0 Å². The SMILES string of the molecule is CCCC1NC(=O)C(C)N(CCc2ccccc2C)C1=O. The minimum atomic E-state index is -0.380. The zero-order chi connectivity index (χ0) is 15.4. The van der Waals surface area contributed by atoms with Crippen molar-refractivity contribution in [3.63, 3.8) is 0 Å². The molecule has 1 aromatic carbocycles. The Morgan fingerprint density at radius 3 is 2.62 bits per heavy atom. The molecule has 1 heterocycles. The molecule has 1 aliphatic rings. The second-order valence-corrected chi connectivity index (χ2v) is 5.73. The van der Waals surface area contributed by atoms with E-state index in [2.05, 4.69) is 24.4 Å². The number of piperazine rings is 1. The Morgan fingerprint density at radius 1 is 1.24 bits per heavy atom. The van der Waals surface area contributed by atoms with E-state index in [9.17, 15) is 9.59 Å². The quantitative estimate of drug-likeness (QED) is 0.901. The van der Waals surface area contributed by atoms with Crippen LogP contribution >= 0.6 is 0 Å². The molecule has 1 N–H and O–H groups in total. The molecule has 0 bridgehead atoms. The predicted octanol–water partition coefficient (Wildman–Crippen LogP) is 2.05. The maximum atomic E-state index is 12.5. The van der Waals surface area contributed by atoms with E-state index in [0.29, 0.717) is 13.0 Å². The van der Waals surface area contributed by atoms with Gasteiger partial charge in [0.2, 0.25) is 11.8 Å². The van der Waals surface area contributed by atoms with E-state index in [1.807, 2.05) is 19.1 Å². The molecule has 0 aliphatic carbocycles. The van der Waals surface area contributed by atoms with Gasteiger partial charge in [-0.15, -0.1) is 0 Å². The van der Waals surface area contributed by atoms with Crippen molar-refractivity contribution < 1.29 is 9.59 Å². The van der Waals surface area contributed by atoms with Gasteiger partial charge in [0.25, 0.3) is 0 Å². The zero-order valence-corrected chi connectivity index (χ0v) is 13.1. The highest BCUT2D eigenvalue weighted by Gasteiger charge is 2.37. The summed E-state index contributed by atoms with van der Waals surface area (Å²) in [6.07, 6.45) is 2.38. The molecule has 2 atom stereocenters. The first-order valence-corrected chi connectivity index (χ1v) is 7.70. The molecule has 4 heteroatoms. The van der Waals surface area contributed by atoms with Crippen molar-refractivity contribution in [3.8, 4) is 0 Å². The van der Waals surface area contributed by atoms with Crippen LogP contribution in [0.3, 0.4) is 0 Å². The number of carbonyl (C=O) groups is 2. The van der Waals surface area contributed by atoms with Crippen LogP contribution in [-0.4, -0.2) is 35.3 Å². The predicted molar refractivity (Wildman–Crippen MR) is 82.9 cm³/mol. The number of rotatable bonds is 5. The number of nitrogens with one attached hydrogen (secondary N) is 1. The Kier molecular flexibility index (Phi) is 4.99. The van der Waals surface area contributed by atoms with Crippen LogP contribution in [0.5, 0.6) is 0 Å². The van der Waals surface area contributed by atoms with Crippen molar-refractivity contribution in [1.82, 2.24) is 10.2 Å². The lowest BCUT2D eigenvalue weighted by Crippen LogP contribution is -2.62. The van der Waals surface area contributed by atoms with Gasteiger partial charge in [0.1, 0.15) is 12.1 Å². The van der Waals surface area contributed by atoms with Crippen molar-refractivity contribution in [1.29, 1.82) is 0 Å². The smallest absolute Gasteiger partial charge is 0.245 e. The Morgan fingerprint density at radius 2 is 1.95 bits per heavy atom. The fourth-order valence-corrected chi connectivity index (χ4v) is 2.81. The maximum Gasteiger partial charge on any atom is 0.245 e. The minimum absolute atomic E-state index is 0.0437. The summed E-state index contributed by atoms with van der Waals surface area (Å²) in [5.41, 5.74) is 2.46. The lowest BCUT2D eigenvalue weighted by atomic mass is 10.0. The molecular formula is C17H24N2O2. The summed E-state index contributed by atoms with van der Waals surface area (Å²) in [4.78, 5) is 26.2. The summed E-state index contributed by atoms with van der Waals surface area (Å²) >= 11 is 0. The van der Waals surface area contributed by atoms with Crippen LogP contribution in [0.2, 0.25) is 0 Å². The zero-order valence-electron chi connectivity index (χ0n) is 13.1. The summed E-state index contributed by atoms with van der Waals surface area (Å²) in [7, 11) is 0. The van der Waals surface area contributed by atoms with Gasteiger partial charge >= 0.3 is 0 Å². The third-order valence-corrected chi connectivity index (χ3v) is 4.21. The molecule has 114 valence electrons. The number of amides is 2. The molecule has 1 aromatic rings. The molecule has 1 fully saturated rings. The lowest BCUT2D eigenvalue weighted by molar-refractivity contribution is -0.148. The molecule has 21 heavy (non-hydrogen) atoms. The highest BCUT2D eigenvalue weighted by Crippen LogP contribution is 2.15. The molecule has 2 rings (SSSR count). The van der Waals surface area contributed by atoms with Gasteiger partial charge in [-0.3, -0.25) is 9.59 Å². The van der Waals surface area contributed by atoms with Gasteiger partial charge in [-0.05, 0) is 37.8 Å². The molecule has 0 spiro atoms. The highest BCUT2D eigenvalue weighted by atomic mass is 16.2. The maximum absolute atomic E-state index is 12.5. The average Bonchev–Trinajstić information content (AvgIpc) is 2.46. The molecule has 0 aromatic heterocycles. The van der Waals surface area contributed by atoms with Crippen LogP contribution in [-0.2, 0) is 16.0 Å². The Bertz CT molecular complexity index is 527. The number of hydrogen-bond acceptors (Lipinski definition) is 2. The Labute approximate surface area is 126 Å². The molecule has 2 unspecified atom stereocenters. The van der Waals surface area contributed by atoms with Crippen molar-refractivity contribution in [2.75, 3.05) is 6.54 Å². The first-order chi connectivity index (χ1) is 10.0. The summed E-state index contributed by atoms with van der Waals surface area (Å²) < 4.78 is 0. The number of hydrogen-bond donors (Lipinski definition) is 1. The lowest BCUT2D eigenvalue weighted by Gasteiger charge is -2.37. The van der Waals surface area contributed by atoms with E-state index >= 15 is 0 Å². The van der Waals surface area contributed by atoms with Gasteiger partial charge < -0.3 is 10.2 Å². The molecule has 2 amide bonds. The number of nitrogens with zero attached hydrogens (tertiary/aromatic N) is 1. The van der Waals surface area contributed by atoms with Crippen molar-refractivity contribution >= 4 is 11.8 Å². The molecular weight excluding hydrogens is 264 g/mol. The molecule has 1 saturated heterocycles. The molecule has 1 aliphatic heterocycles. The second kappa shape index (κ2) is 6.74. The van der Waals surface area contributed by atoms with E-state index in [4.69, 9.17) is 0 Å². The summed E-state index contributed by atoms with van der Waals surface area (Å²) in [6, 6.07) is 7.45. The van der Waals surface area contributed by atoms with Crippen LogP contribution in [0, 0.1) is 6.92 Å². The van der Waals surface area contributed by atoms with Crippen molar-refractivity contribution in [2.24, 2.45) is 0 Å². The highest BCUT2D eigenvalue weighted by molar-refractivity contribution is 5.96. The Balaban J connectivity index is 2.07. The normalized spacial score (nSPS) is 22.3. The van der Waals surface area contributed by atoms with E-state index in [0.717, 1.165) is 12.8 Å². The third-order valence-electron chi connectivity index (χ3n) is 4.21. The fourth-order valence-electron chi connectivity index (χ4n) is 2.81. The second-order valence-electron chi connectivity index (χ2n) is 5.73. The minimum Gasteiger partial charge on any atom is -0.343 e. The largest absolute Gasteiger partial charge is 0.343 e. The first-order valence-electron chi connectivity index (χ1n) is 7.70. The number of aryl methyl sites for hydroxylation is 1. The van der Waals surface area contributed by atoms with Crippen LogP contribution < -0.4 is 5.32 Å². The van der Waals surface area contributed by atoms with Crippen LogP contribution in [0.25, 0.3) is 0 Å². The van der Waals surface area contributed by atoms with Gasteiger partial charge in [0.05, 0.1) is 0 Å².